The Morgan fingerprint density at radius 2 is 2.08 bits per heavy atom. The SMILES string of the molecule is COCOCCCS(=O)(=O)N[C@H](C)c1cccc(OC2CCOCC2)c1. The molecule has 1 fully saturated rings. The number of hydrogen-bond acceptors (Lipinski definition) is 6. The molecule has 0 saturated carbocycles. The monoisotopic (exact) mass is 387 g/mol. The topological polar surface area (TPSA) is 83.1 Å². The quantitative estimate of drug-likeness (QED) is 0.463. The summed E-state index contributed by atoms with van der Waals surface area (Å²) in [6.07, 6.45) is 2.31. The summed E-state index contributed by atoms with van der Waals surface area (Å²) in [6, 6.07) is 7.23. The Bertz CT molecular complexity index is 630. The number of hydrogen-bond donors (Lipinski definition) is 1. The summed E-state index contributed by atoms with van der Waals surface area (Å²) >= 11 is 0. The Kier molecular flexibility index (Phi) is 8.80. The molecule has 148 valence electrons. The van der Waals surface area contributed by atoms with Crippen molar-refractivity contribution in [1.29, 1.82) is 0 Å². The van der Waals surface area contributed by atoms with Crippen LogP contribution in [-0.4, -0.2) is 54.0 Å². The van der Waals surface area contributed by atoms with Gasteiger partial charge in [0.2, 0.25) is 10.0 Å². The standard InChI is InChI=1S/C18H29NO6S/c1-15(19-26(20,21)12-4-9-24-14-22-2)16-5-3-6-18(13-16)25-17-7-10-23-11-8-17/h3,5-6,13,15,17,19H,4,7-12,14H2,1-2H3/t15-/m1/s1. The summed E-state index contributed by atoms with van der Waals surface area (Å²) in [6.45, 7) is 3.77. The first-order valence-electron chi connectivity index (χ1n) is 8.91. The molecule has 2 rings (SSSR count). The average Bonchev–Trinajstić information content (AvgIpc) is 2.62. The molecule has 7 nitrogen and oxygen atoms in total. The molecule has 0 spiro atoms. The van der Waals surface area contributed by atoms with Crippen LogP contribution in [0.1, 0.15) is 37.8 Å². The first-order chi connectivity index (χ1) is 12.5. The van der Waals surface area contributed by atoms with Crippen LogP contribution in [0.4, 0.5) is 0 Å². The maximum atomic E-state index is 12.2. The number of benzene rings is 1. The molecule has 1 aromatic carbocycles. The summed E-state index contributed by atoms with van der Waals surface area (Å²) in [5.74, 6) is 0.771. The van der Waals surface area contributed by atoms with Gasteiger partial charge in [0.05, 0.1) is 25.6 Å². The van der Waals surface area contributed by atoms with Crippen molar-refractivity contribution in [2.75, 3.05) is 39.5 Å². The van der Waals surface area contributed by atoms with Crippen molar-refractivity contribution in [1.82, 2.24) is 4.72 Å². The molecule has 0 unspecified atom stereocenters. The number of nitrogens with one attached hydrogen (secondary N) is 1. The molecule has 0 aliphatic carbocycles. The van der Waals surface area contributed by atoms with E-state index in [0.717, 1.165) is 24.2 Å². The minimum absolute atomic E-state index is 0.0132. The van der Waals surface area contributed by atoms with Crippen molar-refractivity contribution in [3.05, 3.63) is 29.8 Å². The summed E-state index contributed by atoms with van der Waals surface area (Å²) in [5.41, 5.74) is 0.869. The lowest BCUT2D eigenvalue weighted by Crippen LogP contribution is -2.29. The lowest BCUT2D eigenvalue weighted by Gasteiger charge is -2.24. The van der Waals surface area contributed by atoms with Gasteiger partial charge in [0, 0.05) is 26.0 Å². The molecule has 0 amide bonds. The fourth-order valence-electron chi connectivity index (χ4n) is 2.73. The van der Waals surface area contributed by atoms with Crippen molar-refractivity contribution < 1.29 is 27.4 Å². The van der Waals surface area contributed by atoms with Gasteiger partial charge in [-0.1, -0.05) is 12.1 Å². The van der Waals surface area contributed by atoms with Crippen molar-refractivity contribution in [2.45, 2.75) is 38.3 Å². The zero-order valence-corrected chi connectivity index (χ0v) is 16.3. The first kappa shape index (κ1) is 21.1. The van der Waals surface area contributed by atoms with Gasteiger partial charge in [-0.25, -0.2) is 13.1 Å². The van der Waals surface area contributed by atoms with E-state index in [1.807, 2.05) is 31.2 Å². The predicted octanol–water partition coefficient (Wildman–Crippen LogP) is 2.24. The lowest BCUT2D eigenvalue weighted by molar-refractivity contribution is -0.0298. The smallest absolute Gasteiger partial charge is 0.212 e. The van der Waals surface area contributed by atoms with Crippen LogP contribution in [0.25, 0.3) is 0 Å². The molecule has 1 N–H and O–H groups in total. The average molecular weight is 387 g/mol. The van der Waals surface area contributed by atoms with Gasteiger partial charge in [-0.2, -0.15) is 0 Å². The molecule has 1 heterocycles. The molecule has 0 bridgehead atoms. The Balaban J connectivity index is 1.85. The number of methoxy groups -OCH3 is 1. The van der Waals surface area contributed by atoms with E-state index >= 15 is 0 Å². The van der Waals surface area contributed by atoms with Gasteiger partial charge in [0.15, 0.2) is 0 Å². The summed E-state index contributed by atoms with van der Waals surface area (Å²) in [7, 11) is -1.86. The van der Waals surface area contributed by atoms with E-state index in [0.29, 0.717) is 26.2 Å². The molecule has 1 aliphatic rings. The van der Waals surface area contributed by atoms with E-state index in [4.69, 9.17) is 18.9 Å². The number of rotatable bonds is 11. The maximum Gasteiger partial charge on any atom is 0.212 e. The Morgan fingerprint density at radius 3 is 2.81 bits per heavy atom. The highest BCUT2D eigenvalue weighted by molar-refractivity contribution is 7.89. The van der Waals surface area contributed by atoms with Crippen molar-refractivity contribution in [3.8, 4) is 5.75 Å². The highest BCUT2D eigenvalue weighted by Gasteiger charge is 2.18. The van der Waals surface area contributed by atoms with Gasteiger partial charge >= 0.3 is 0 Å². The Labute approximate surface area is 156 Å². The highest BCUT2D eigenvalue weighted by atomic mass is 32.2. The van der Waals surface area contributed by atoms with Crippen LogP contribution >= 0.6 is 0 Å². The molecule has 1 aromatic rings. The van der Waals surface area contributed by atoms with E-state index in [9.17, 15) is 8.42 Å². The molecule has 1 aliphatic heterocycles. The van der Waals surface area contributed by atoms with Crippen molar-refractivity contribution >= 4 is 10.0 Å². The zero-order chi connectivity index (χ0) is 18.8. The minimum Gasteiger partial charge on any atom is -0.490 e. The fraction of sp³-hybridized carbons (Fsp3) is 0.667. The third kappa shape index (κ3) is 7.59. The fourth-order valence-corrected chi connectivity index (χ4v) is 4.02. The molecule has 0 aromatic heterocycles. The second kappa shape index (κ2) is 10.8. The summed E-state index contributed by atoms with van der Waals surface area (Å²) in [4.78, 5) is 0. The predicted molar refractivity (Wildman–Crippen MR) is 98.7 cm³/mol. The number of sulfonamides is 1. The first-order valence-corrected chi connectivity index (χ1v) is 10.6. The third-order valence-corrected chi connectivity index (χ3v) is 5.63. The summed E-state index contributed by atoms with van der Waals surface area (Å²) in [5, 5.41) is 0. The molecular formula is C18H29NO6S. The second-order valence-corrected chi connectivity index (χ2v) is 8.20. The van der Waals surface area contributed by atoms with Crippen LogP contribution in [0.2, 0.25) is 0 Å². The van der Waals surface area contributed by atoms with Gasteiger partial charge < -0.3 is 18.9 Å². The van der Waals surface area contributed by atoms with Crippen LogP contribution in [0.15, 0.2) is 24.3 Å². The largest absolute Gasteiger partial charge is 0.490 e. The summed E-state index contributed by atoms with van der Waals surface area (Å²) < 4.78 is 48.3. The van der Waals surface area contributed by atoms with Crippen molar-refractivity contribution in [3.63, 3.8) is 0 Å². The third-order valence-electron chi connectivity index (χ3n) is 4.09. The van der Waals surface area contributed by atoms with Gasteiger partial charge in [0.25, 0.3) is 0 Å². The van der Waals surface area contributed by atoms with Crippen LogP contribution < -0.4 is 9.46 Å². The van der Waals surface area contributed by atoms with Crippen LogP contribution in [0, 0.1) is 0 Å². The maximum absolute atomic E-state index is 12.2. The van der Waals surface area contributed by atoms with Gasteiger partial charge in [-0.15, -0.1) is 0 Å². The van der Waals surface area contributed by atoms with Crippen LogP contribution in [-0.2, 0) is 24.2 Å². The van der Waals surface area contributed by atoms with E-state index in [-0.39, 0.29) is 24.7 Å². The second-order valence-electron chi connectivity index (χ2n) is 6.33. The van der Waals surface area contributed by atoms with Gasteiger partial charge in [0.1, 0.15) is 18.6 Å². The normalized spacial score (nSPS) is 17.2. The molecule has 8 heteroatoms. The van der Waals surface area contributed by atoms with E-state index in [2.05, 4.69) is 4.72 Å². The Morgan fingerprint density at radius 1 is 1.31 bits per heavy atom. The van der Waals surface area contributed by atoms with Crippen LogP contribution in [0.3, 0.4) is 0 Å². The minimum atomic E-state index is -3.38. The molecule has 0 radical (unpaired) electrons. The molecule has 1 atom stereocenters. The lowest BCUT2D eigenvalue weighted by atomic mass is 10.1. The van der Waals surface area contributed by atoms with Crippen LogP contribution in [0.5, 0.6) is 5.75 Å². The van der Waals surface area contributed by atoms with E-state index in [1.54, 1.807) is 0 Å². The Hall–Kier alpha value is -1.19. The molecular weight excluding hydrogens is 358 g/mol. The molecule has 26 heavy (non-hydrogen) atoms. The van der Waals surface area contributed by atoms with Crippen molar-refractivity contribution in [2.24, 2.45) is 0 Å². The van der Waals surface area contributed by atoms with E-state index in [1.165, 1.54) is 7.11 Å². The van der Waals surface area contributed by atoms with E-state index < -0.39 is 10.0 Å². The van der Waals surface area contributed by atoms with Gasteiger partial charge in [-0.3, -0.25) is 0 Å². The molecule has 1 saturated heterocycles. The van der Waals surface area contributed by atoms with Gasteiger partial charge in [-0.05, 0) is 31.0 Å². The number of ether oxygens (including phenoxy) is 4. The zero-order valence-electron chi connectivity index (χ0n) is 15.5. The highest BCUT2D eigenvalue weighted by Crippen LogP contribution is 2.23.